The van der Waals surface area contributed by atoms with Gasteiger partial charge < -0.3 is 0 Å². The Bertz CT molecular complexity index is 542. The Morgan fingerprint density at radius 3 is 0.810 bits per heavy atom. The van der Waals surface area contributed by atoms with Crippen LogP contribution in [-0.4, -0.2) is 67.2 Å². The summed E-state index contributed by atoms with van der Waals surface area (Å²) in [7, 11) is -14.6. The molecule has 0 aliphatic heterocycles. The molecule has 0 fully saturated rings. The Kier molecular flexibility index (Phi) is 6.05. The van der Waals surface area contributed by atoms with E-state index >= 15 is 0 Å². The Morgan fingerprint density at radius 1 is 0.571 bits per heavy atom. The summed E-state index contributed by atoms with van der Waals surface area (Å²) in [6.45, 7) is 0. The summed E-state index contributed by atoms with van der Waals surface area (Å²) < 4.78 is 155. The second-order valence-electron chi connectivity index (χ2n) is 3.13. The van der Waals surface area contributed by atoms with Crippen molar-refractivity contribution >= 4 is 39.1 Å². The van der Waals surface area contributed by atoms with Gasteiger partial charge in [-0.05, 0) is 0 Å². The molecule has 0 unspecified atom stereocenters. The number of hydrogen-bond acceptors (Lipinski definition) is 4. The fraction of sp³-hybridized carbons (Fsp3) is 1.00. The summed E-state index contributed by atoms with van der Waals surface area (Å²) in [5, 5.41) is -14.3. The summed E-state index contributed by atoms with van der Waals surface area (Å²) in [5.74, 6) is -15.2. The van der Waals surface area contributed by atoms with Crippen LogP contribution in [0.4, 0.5) is 35.1 Å². The molecule has 0 aromatic heterocycles. The zero-order valence-electron chi connectivity index (χ0n) is 8.37. The molecule has 0 bridgehead atoms. The maximum absolute atomic E-state index is 12.6. The molecule has 0 heterocycles. The molecular formula is C4H3F8LiO6S2. The SMILES string of the molecule is O=S(=O)(O)C(F)(F)C(F)(F)C(F)(F)C(F)(F)S(=O)(=O)O.[LiH]. The standard InChI is InChI=1S/C4H2F8O6S2.Li.H/c5-1(6,3(9,10)19(13,14)15)2(7,8)4(11,12)20(16,17)18;;/h(H,13,14,15)(H,16,17,18);;. The molecule has 124 valence electrons. The van der Waals surface area contributed by atoms with Gasteiger partial charge in [-0.25, -0.2) is 0 Å². The van der Waals surface area contributed by atoms with Crippen LogP contribution in [0.15, 0.2) is 0 Å². The second kappa shape index (κ2) is 5.49. The van der Waals surface area contributed by atoms with Crippen molar-refractivity contribution in [3.63, 3.8) is 0 Å². The Morgan fingerprint density at radius 2 is 0.714 bits per heavy atom. The van der Waals surface area contributed by atoms with Crippen LogP contribution in [0.5, 0.6) is 0 Å². The predicted molar refractivity (Wildman–Crippen MR) is 50.0 cm³/mol. The van der Waals surface area contributed by atoms with Gasteiger partial charge in [-0.15, -0.1) is 0 Å². The van der Waals surface area contributed by atoms with E-state index in [2.05, 4.69) is 0 Å². The second-order valence-corrected chi connectivity index (χ2v) is 6.06. The van der Waals surface area contributed by atoms with Gasteiger partial charge in [0.25, 0.3) is 0 Å². The number of halogens is 8. The first-order valence-electron chi connectivity index (χ1n) is 3.70. The first-order valence-corrected chi connectivity index (χ1v) is 6.58. The molecule has 17 heteroatoms. The third-order valence-corrected chi connectivity index (χ3v) is 3.58. The van der Waals surface area contributed by atoms with Crippen LogP contribution in [-0.2, 0) is 20.2 Å². The van der Waals surface area contributed by atoms with Crippen LogP contribution >= 0.6 is 0 Å². The quantitative estimate of drug-likeness (QED) is 0.416. The van der Waals surface area contributed by atoms with E-state index < -0.39 is 42.6 Å². The topological polar surface area (TPSA) is 109 Å². The minimum absolute atomic E-state index is 0. The van der Waals surface area contributed by atoms with Gasteiger partial charge in [0.1, 0.15) is 0 Å². The summed E-state index contributed by atoms with van der Waals surface area (Å²) in [6.07, 6.45) is 0. The molecule has 0 spiro atoms. The zero-order chi connectivity index (χ0) is 17.0. The van der Waals surface area contributed by atoms with Gasteiger partial charge in [0, 0.05) is 0 Å². The van der Waals surface area contributed by atoms with Gasteiger partial charge in [-0.3, -0.25) is 9.11 Å². The first-order chi connectivity index (χ1) is 8.25. The molecule has 0 aliphatic carbocycles. The molecular weight excluding hydrogens is 367 g/mol. The molecule has 0 aliphatic rings. The van der Waals surface area contributed by atoms with Crippen molar-refractivity contribution < 1.29 is 61.1 Å². The molecule has 21 heavy (non-hydrogen) atoms. The Labute approximate surface area is 123 Å². The number of alkyl halides is 8. The molecule has 0 amide bonds. The van der Waals surface area contributed by atoms with Crippen LogP contribution in [0, 0.1) is 0 Å². The molecule has 6 nitrogen and oxygen atoms in total. The third kappa shape index (κ3) is 3.15. The summed E-state index contributed by atoms with van der Waals surface area (Å²) in [4.78, 5) is 0. The molecule has 2 N–H and O–H groups in total. The fourth-order valence-electron chi connectivity index (χ4n) is 0.690. The van der Waals surface area contributed by atoms with Crippen molar-refractivity contribution in [2.75, 3.05) is 0 Å². The van der Waals surface area contributed by atoms with Gasteiger partial charge in [0.05, 0.1) is 0 Å². The van der Waals surface area contributed by atoms with E-state index in [-0.39, 0.29) is 18.9 Å². The van der Waals surface area contributed by atoms with Crippen LogP contribution in [0.1, 0.15) is 0 Å². The number of rotatable bonds is 5. The normalized spacial score (nSPS) is 15.5. The molecule has 0 aromatic carbocycles. The molecule has 0 rings (SSSR count). The van der Waals surface area contributed by atoms with Crippen LogP contribution < -0.4 is 0 Å². The van der Waals surface area contributed by atoms with Gasteiger partial charge in [0.2, 0.25) is 0 Å². The van der Waals surface area contributed by atoms with Crippen molar-refractivity contribution in [1.82, 2.24) is 0 Å². The van der Waals surface area contributed by atoms with E-state index in [1.165, 1.54) is 0 Å². The average Bonchev–Trinajstić information content (AvgIpc) is 2.12. The van der Waals surface area contributed by atoms with Gasteiger partial charge in [0.15, 0.2) is 0 Å². The van der Waals surface area contributed by atoms with Crippen LogP contribution in [0.25, 0.3) is 0 Å². The molecule has 0 aromatic rings. The average molecular weight is 370 g/mol. The Hall–Kier alpha value is -0.143. The van der Waals surface area contributed by atoms with Gasteiger partial charge in [-0.1, -0.05) is 0 Å². The van der Waals surface area contributed by atoms with Gasteiger partial charge in [-0.2, -0.15) is 52.0 Å². The van der Waals surface area contributed by atoms with Crippen molar-refractivity contribution in [3.8, 4) is 0 Å². The van der Waals surface area contributed by atoms with E-state index in [1.54, 1.807) is 0 Å². The third-order valence-electron chi connectivity index (χ3n) is 1.77. The minimum atomic E-state index is -7.58. The van der Waals surface area contributed by atoms with E-state index in [0.29, 0.717) is 0 Å². The van der Waals surface area contributed by atoms with Crippen molar-refractivity contribution in [2.45, 2.75) is 22.4 Å². The zero-order valence-corrected chi connectivity index (χ0v) is 10.0. The fourth-order valence-corrected chi connectivity index (χ4v) is 1.59. The van der Waals surface area contributed by atoms with E-state index in [9.17, 15) is 52.0 Å². The van der Waals surface area contributed by atoms with Crippen molar-refractivity contribution in [1.29, 1.82) is 0 Å². The molecule has 0 saturated carbocycles. The number of hydrogen-bond donors (Lipinski definition) is 2. The predicted octanol–water partition coefficient (Wildman–Crippen LogP) is 0.570. The van der Waals surface area contributed by atoms with Gasteiger partial charge >= 0.3 is 61.5 Å². The Balaban J connectivity index is 0. The summed E-state index contributed by atoms with van der Waals surface area (Å²) >= 11 is 0. The van der Waals surface area contributed by atoms with Crippen molar-refractivity contribution in [3.05, 3.63) is 0 Å². The van der Waals surface area contributed by atoms with Crippen LogP contribution in [0.3, 0.4) is 0 Å². The van der Waals surface area contributed by atoms with E-state index in [4.69, 9.17) is 9.11 Å². The molecule has 0 atom stereocenters. The summed E-state index contributed by atoms with van der Waals surface area (Å²) in [6, 6.07) is 0. The van der Waals surface area contributed by atoms with E-state index in [0.717, 1.165) is 0 Å². The first kappa shape index (κ1) is 23.1. The summed E-state index contributed by atoms with van der Waals surface area (Å²) in [5.41, 5.74) is 0. The monoisotopic (exact) mass is 370 g/mol. The van der Waals surface area contributed by atoms with E-state index in [1.807, 2.05) is 0 Å². The van der Waals surface area contributed by atoms with Crippen LogP contribution in [0.2, 0.25) is 0 Å². The maximum atomic E-state index is 12.6. The molecule has 0 saturated heterocycles. The van der Waals surface area contributed by atoms with Crippen molar-refractivity contribution in [2.24, 2.45) is 0 Å². The molecule has 0 radical (unpaired) electrons.